The van der Waals surface area contributed by atoms with Crippen molar-refractivity contribution in [2.75, 3.05) is 5.32 Å². The molecule has 2 rings (SSSR count). The number of rotatable bonds is 3. The fourth-order valence-electron chi connectivity index (χ4n) is 1.84. The van der Waals surface area contributed by atoms with Gasteiger partial charge in [0.15, 0.2) is 0 Å². The Morgan fingerprint density at radius 1 is 1.12 bits per heavy atom. The molecule has 82 valence electrons. The summed E-state index contributed by atoms with van der Waals surface area (Å²) in [5.74, 6) is 0. The summed E-state index contributed by atoms with van der Waals surface area (Å²) < 4.78 is 0. The van der Waals surface area contributed by atoms with Crippen molar-refractivity contribution < 1.29 is 0 Å². The molecular formula is C14H16N2. The maximum atomic E-state index is 4.07. The molecule has 0 amide bonds. The van der Waals surface area contributed by atoms with Crippen LogP contribution in [-0.4, -0.2) is 4.98 Å². The molecule has 1 heterocycles. The molecule has 0 spiro atoms. The molecule has 0 saturated carbocycles. The highest BCUT2D eigenvalue weighted by Gasteiger charge is 1.96. The summed E-state index contributed by atoms with van der Waals surface area (Å²) in [4.78, 5) is 4.07. The van der Waals surface area contributed by atoms with Gasteiger partial charge in [-0.2, -0.15) is 0 Å². The van der Waals surface area contributed by atoms with Gasteiger partial charge in [0.05, 0.1) is 5.69 Å². The fourth-order valence-corrected chi connectivity index (χ4v) is 1.84. The number of hydrogen-bond acceptors (Lipinski definition) is 2. The standard InChI is InChI=1S/C14H16N2/c1-11-6-12(2)8-13(7-11)9-16-14-4-3-5-15-10-14/h3-8,10,16H,9H2,1-2H3. The monoisotopic (exact) mass is 212 g/mol. The molecule has 2 aromatic rings. The van der Waals surface area contributed by atoms with Gasteiger partial charge in [-0.15, -0.1) is 0 Å². The largest absolute Gasteiger partial charge is 0.380 e. The van der Waals surface area contributed by atoms with Gasteiger partial charge in [-0.1, -0.05) is 29.3 Å². The molecule has 0 aliphatic rings. The van der Waals surface area contributed by atoms with Crippen LogP contribution >= 0.6 is 0 Å². The predicted octanol–water partition coefficient (Wildman–Crippen LogP) is 3.31. The molecule has 0 aliphatic carbocycles. The van der Waals surface area contributed by atoms with Crippen molar-refractivity contribution in [3.8, 4) is 0 Å². The van der Waals surface area contributed by atoms with E-state index in [0.29, 0.717) is 0 Å². The fraction of sp³-hybridized carbons (Fsp3) is 0.214. The number of anilines is 1. The van der Waals surface area contributed by atoms with E-state index >= 15 is 0 Å². The highest BCUT2D eigenvalue weighted by atomic mass is 14.9. The molecule has 0 unspecified atom stereocenters. The molecular weight excluding hydrogens is 196 g/mol. The SMILES string of the molecule is Cc1cc(C)cc(CNc2cccnc2)c1. The molecule has 2 nitrogen and oxygen atoms in total. The van der Waals surface area contributed by atoms with E-state index < -0.39 is 0 Å². The van der Waals surface area contributed by atoms with Crippen molar-refractivity contribution >= 4 is 5.69 Å². The topological polar surface area (TPSA) is 24.9 Å². The minimum atomic E-state index is 0.841. The normalized spacial score (nSPS) is 10.1. The van der Waals surface area contributed by atoms with Gasteiger partial charge in [-0.05, 0) is 31.5 Å². The van der Waals surface area contributed by atoms with Crippen molar-refractivity contribution in [1.29, 1.82) is 0 Å². The number of pyridine rings is 1. The minimum absolute atomic E-state index is 0.841. The van der Waals surface area contributed by atoms with Gasteiger partial charge in [-0.25, -0.2) is 0 Å². The zero-order chi connectivity index (χ0) is 11.4. The Morgan fingerprint density at radius 2 is 1.88 bits per heavy atom. The van der Waals surface area contributed by atoms with Crippen LogP contribution in [-0.2, 0) is 6.54 Å². The molecule has 1 aromatic carbocycles. The Hall–Kier alpha value is -1.83. The van der Waals surface area contributed by atoms with Crippen LogP contribution in [0, 0.1) is 13.8 Å². The van der Waals surface area contributed by atoms with Crippen molar-refractivity contribution in [1.82, 2.24) is 4.98 Å². The summed E-state index contributed by atoms with van der Waals surface area (Å²) in [5, 5.41) is 3.35. The Bertz CT molecular complexity index is 443. The second kappa shape index (κ2) is 4.79. The maximum absolute atomic E-state index is 4.07. The number of aromatic nitrogens is 1. The molecule has 0 aliphatic heterocycles. The Kier molecular flexibility index (Phi) is 3.20. The first-order valence-electron chi connectivity index (χ1n) is 5.45. The Morgan fingerprint density at radius 3 is 2.50 bits per heavy atom. The number of nitrogens with zero attached hydrogens (tertiary/aromatic N) is 1. The van der Waals surface area contributed by atoms with Gasteiger partial charge in [-0.3, -0.25) is 4.98 Å². The molecule has 2 heteroatoms. The molecule has 0 radical (unpaired) electrons. The van der Waals surface area contributed by atoms with E-state index in [9.17, 15) is 0 Å². The third-order valence-electron chi connectivity index (χ3n) is 2.44. The lowest BCUT2D eigenvalue weighted by Gasteiger charge is -2.07. The van der Waals surface area contributed by atoms with Crippen molar-refractivity contribution in [3.63, 3.8) is 0 Å². The summed E-state index contributed by atoms with van der Waals surface area (Å²) in [5.41, 5.74) is 4.98. The van der Waals surface area contributed by atoms with Crippen LogP contribution in [0.15, 0.2) is 42.7 Å². The van der Waals surface area contributed by atoms with Crippen LogP contribution in [0.5, 0.6) is 0 Å². The molecule has 0 bridgehead atoms. The smallest absolute Gasteiger partial charge is 0.0529 e. The zero-order valence-electron chi connectivity index (χ0n) is 9.70. The highest BCUT2D eigenvalue weighted by molar-refractivity contribution is 5.41. The Labute approximate surface area is 96.4 Å². The third-order valence-corrected chi connectivity index (χ3v) is 2.44. The van der Waals surface area contributed by atoms with Crippen molar-refractivity contribution in [2.24, 2.45) is 0 Å². The van der Waals surface area contributed by atoms with E-state index in [1.54, 1.807) is 6.20 Å². The highest BCUT2D eigenvalue weighted by Crippen LogP contribution is 2.11. The second-order valence-corrected chi connectivity index (χ2v) is 4.09. The summed E-state index contributed by atoms with van der Waals surface area (Å²) in [7, 11) is 0. The molecule has 1 aromatic heterocycles. The maximum Gasteiger partial charge on any atom is 0.0529 e. The van der Waals surface area contributed by atoms with E-state index in [2.05, 4.69) is 42.3 Å². The first kappa shape index (κ1) is 10.7. The number of nitrogens with one attached hydrogen (secondary N) is 1. The molecule has 0 fully saturated rings. The number of hydrogen-bond donors (Lipinski definition) is 1. The van der Waals surface area contributed by atoms with Gasteiger partial charge in [0.25, 0.3) is 0 Å². The number of aryl methyl sites for hydroxylation is 2. The average Bonchev–Trinajstić information content (AvgIpc) is 2.27. The third kappa shape index (κ3) is 2.83. The van der Waals surface area contributed by atoms with Gasteiger partial charge >= 0.3 is 0 Å². The lowest BCUT2D eigenvalue weighted by atomic mass is 10.1. The lowest BCUT2D eigenvalue weighted by Crippen LogP contribution is -2.00. The van der Waals surface area contributed by atoms with E-state index in [1.165, 1.54) is 16.7 Å². The van der Waals surface area contributed by atoms with E-state index in [4.69, 9.17) is 0 Å². The zero-order valence-corrected chi connectivity index (χ0v) is 9.70. The van der Waals surface area contributed by atoms with Gasteiger partial charge in [0.1, 0.15) is 0 Å². The summed E-state index contributed by atoms with van der Waals surface area (Å²) in [6.45, 7) is 5.09. The summed E-state index contributed by atoms with van der Waals surface area (Å²) >= 11 is 0. The van der Waals surface area contributed by atoms with Crippen LogP contribution < -0.4 is 5.32 Å². The van der Waals surface area contributed by atoms with Gasteiger partial charge in [0.2, 0.25) is 0 Å². The van der Waals surface area contributed by atoms with Crippen molar-refractivity contribution in [3.05, 3.63) is 59.4 Å². The lowest BCUT2D eigenvalue weighted by molar-refractivity contribution is 1.12. The minimum Gasteiger partial charge on any atom is -0.380 e. The van der Waals surface area contributed by atoms with Crippen LogP contribution in [0.1, 0.15) is 16.7 Å². The Balaban J connectivity index is 2.05. The summed E-state index contributed by atoms with van der Waals surface area (Å²) in [6.07, 6.45) is 3.62. The first-order valence-corrected chi connectivity index (χ1v) is 5.45. The van der Waals surface area contributed by atoms with Crippen LogP contribution in [0.2, 0.25) is 0 Å². The summed E-state index contributed by atoms with van der Waals surface area (Å²) in [6, 6.07) is 10.6. The van der Waals surface area contributed by atoms with Gasteiger partial charge in [0, 0.05) is 18.9 Å². The van der Waals surface area contributed by atoms with Crippen LogP contribution in [0.3, 0.4) is 0 Å². The predicted molar refractivity (Wildman–Crippen MR) is 67.5 cm³/mol. The first-order chi connectivity index (χ1) is 7.74. The quantitative estimate of drug-likeness (QED) is 0.844. The van der Waals surface area contributed by atoms with E-state index in [0.717, 1.165) is 12.2 Å². The molecule has 0 saturated heterocycles. The van der Waals surface area contributed by atoms with E-state index in [1.807, 2.05) is 18.3 Å². The van der Waals surface area contributed by atoms with Crippen LogP contribution in [0.25, 0.3) is 0 Å². The van der Waals surface area contributed by atoms with Crippen molar-refractivity contribution in [2.45, 2.75) is 20.4 Å². The molecule has 16 heavy (non-hydrogen) atoms. The molecule has 1 N–H and O–H groups in total. The molecule has 0 atom stereocenters. The number of benzene rings is 1. The van der Waals surface area contributed by atoms with E-state index in [-0.39, 0.29) is 0 Å². The van der Waals surface area contributed by atoms with Crippen LogP contribution in [0.4, 0.5) is 5.69 Å². The van der Waals surface area contributed by atoms with Gasteiger partial charge < -0.3 is 5.32 Å². The average molecular weight is 212 g/mol. The second-order valence-electron chi connectivity index (χ2n) is 4.09.